The van der Waals surface area contributed by atoms with E-state index in [1.165, 1.54) is 35.5 Å². The number of β-lactam (4-membered cyclic amide) rings is 1. The Bertz CT molecular complexity index is 893. The molecule has 2 unspecified atom stereocenters. The highest BCUT2D eigenvalue weighted by molar-refractivity contribution is 8.00. The van der Waals surface area contributed by atoms with Crippen LogP contribution in [0.2, 0.25) is 0 Å². The lowest BCUT2D eigenvalue weighted by molar-refractivity contribution is -0.150. The lowest BCUT2D eigenvalue weighted by Gasteiger charge is -2.49. The van der Waals surface area contributed by atoms with E-state index in [9.17, 15) is 24.3 Å². The van der Waals surface area contributed by atoms with Gasteiger partial charge in [-0.15, -0.1) is 16.2 Å². The van der Waals surface area contributed by atoms with Gasteiger partial charge in [-0.05, 0) is 43.2 Å². The first-order valence-electron chi connectivity index (χ1n) is 10.4. The Morgan fingerprint density at radius 2 is 2.12 bits per heavy atom. The van der Waals surface area contributed by atoms with Crippen molar-refractivity contribution in [2.45, 2.75) is 49.4 Å². The summed E-state index contributed by atoms with van der Waals surface area (Å²) in [6, 6.07) is -0.745. The fourth-order valence-corrected chi connectivity index (χ4v) is 6.61. The van der Waals surface area contributed by atoms with Gasteiger partial charge in [0.2, 0.25) is 11.8 Å². The van der Waals surface area contributed by atoms with Gasteiger partial charge in [0.1, 0.15) is 17.1 Å². The van der Waals surface area contributed by atoms with Crippen LogP contribution in [0.5, 0.6) is 0 Å². The third kappa shape index (κ3) is 4.75. The van der Waals surface area contributed by atoms with Crippen molar-refractivity contribution < 1.29 is 24.3 Å². The van der Waals surface area contributed by atoms with Gasteiger partial charge in [-0.1, -0.05) is 6.08 Å². The molecule has 3 aliphatic heterocycles. The highest BCUT2D eigenvalue weighted by Crippen LogP contribution is 2.43. The minimum Gasteiger partial charge on any atom is -0.477 e. The molecule has 0 aromatic rings. The van der Waals surface area contributed by atoms with Crippen LogP contribution >= 0.6 is 23.7 Å². The summed E-state index contributed by atoms with van der Waals surface area (Å²) >= 11 is 2.68. The molecule has 32 heavy (non-hydrogen) atoms. The third-order valence-electron chi connectivity index (χ3n) is 5.54. The maximum absolute atomic E-state index is 12.8. The largest absolute Gasteiger partial charge is 0.477 e. The van der Waals surface area contributed by atoms with E-state index in [1.807, 2.05) is 0 Å². The number of nitrogens with zero attached hydrogens (tertiary/aromatic N) is 2. The van der Waals surface area contributed by atoms with Crippen LogP contribution in [0.3, 0.4) is 0 Å². The molecular formula is C19H26N6O5S2. The molecule has 0 saturated carbocycles. The van der Waals surface area contributed by atoms with E-state index in [-0.39, 0.29) is 29.4 Å². The van der Waals surface area contributed by atoms with Gasteiger partial charge in [0.15, 0.2) is 0 Å². The average molecular weight is 483 g/mol. The van der Waals surface area contributed by atoms with Crippen molar-refractivity contribution >= 4 is 47.4 Å². The summed E-state index contributed by atoms with van der Waals surface area (Å²) < 4.78 is 1.59. The molecule has 2 fully saturated rings. The number of amides is 3. The zero-order valence-corrected chi connectivity index (χ0v) is 19.2. The average Bonchev–Trinajstić information content (AvgIpc) is 3.23. The molecule has 0 radical (unpaired) electrons. The van der Waals surface area contributed by atoms with Gasteiger partial charge in [0.25, 0.3) is 5.91 Å². The molecule has 4 aliphatic rings. The van der Waals surface area contributed by atoms with Crippen molar-refractivity contribution in [2.24, 2.45) is 0 Å². The Morgan fingerprint density at radius 3 is 2.81 bits per heavy atom. The Labute approximate surface area is 193 Å². The number of carbonyl (C=O) groups is 4. The van der Waals surface area contributed by atoms with E-state index >= 15 is 0 Å². The first-order chi connectivity index (χ1) is 15.3. The zero-order valence-electron chi connectivity index (χ0n) is 17.6. The van der Waals surface area contributed by atoms with Crippen molar-refractivity contribution in [2.75, 3.05) is 19.0 Å². The van der Waals surface area contributed by atoms with Gasteiger partial charge in [-0.2, -0.15) is 0 Å². The molecule has 1 aliphatic carbocycles. The molecule has 3 atom stereocenters. The minimum absolute atomic E-state index is 0.0515. The van der Waals surface area contributed by atoms with Crippen molar-refractivity contribution in [1.82, 2.24) is 30.7 Å². The maximum atomic E-state index is 12.8. The van der Waals surface area contributed by atoms with Crippen LogP contribution in [0, 0.1) is 0 Å². The number of rotatable bonds is 7. The number of hydrazine groups is 1. The number of thioether (sulfide) groups is 1. The van der Waals surface area contributed by atoms with E-state index < -0.39 is 23.3 Å². The van der Waals surface area contributed by atoms with Gasteiger partial charge in [0, 0.05) is 18.4 Å². The predicted octanol–water partition coefficient (Wildman–Crippen LogP) is -0.339. The number of carboxylic acid groups (broad SMARTS) is 1. The number of fused-ring (bicyclic) bond motifs is 1. The van der Waals surface area contributed by atoms with E-state index in [0.29, 0.717) is 18.0 Å². The molecule has 174 valence electrons. The molecule has 13 heteroatoms. The monoisotopic (exact) mass is 482 g/mol. The Balaban J connectivity index is 1.39. The Morgan fingerprint density at radius 1 is 1.31 bits per heavy atom. The van der Waals surface area contributed by atoms with Crippen LogP contribution in [-0.2, 0) is 19.2 Å². The van der Waals surface area contributed by atoms with Crippen molar-refractivity contribution in [1.29, 1.82) is 0 Å². The number of allylic oxidation sites excluding steroid dienone is 2. The summed E-state index contributed by atoms with van der Waals surface area (Å²) in [5.74, 6) is -1.73. The predicted molar refractivity (Wildman–Crippen MR) is 119 cm³/mol. The van der Waals surface area contributed by atoms with Gasteiger partial charge in [0.05, 0.1) is 18.6 Å². The second-order valence-corrected chi connectivity index (χ2v) is 10.1. The SMILES string of the molecule is CC(=O)NN1CNC(C2=C(C(=O)O)N3C(=O)C(NC(=O)CNC4=CCCCC4)[C@H]3SC2)S1. The zero-order chi connectivity index (χ0) is 22.8. The van der Waals surface area contributed by atoms with Gasteiger partial charge < -0.3 is 15.7 Å². The molecule has 5 N–H and O–H groups in total. The summed E-state index contributed by atoms with van der Waals surface area (Å²) in [6.45, 7) is 1.82. The number of hydrogen-bond acceptors (Lipinski definition) is 9. The third-order valence-corrected chi connectivity index (χ3v) is 7.97. The summed E-state index contributed by atoms with van der Waals surface area (Å²) in [5, 5.41) is 18.0. The van der Waals surface area contributed by atoms with E-state index in [0.717, 1.165) is 31.4 Å². The quantitative estimate of drug-likeness (QED) is 0.242. The van der Waals surface area contributed by atoms with Crippen LogP contribution in [0.1, 0.15) is 32.6 Å². The number of hydrogen-bond donors (Lipinski definition) is 5. The maximum Gasteiger partial charge on any atom is 0.352 e. The lowest BCUT2D eigenvalue weighted by Crippen LogP contribution is -2.71. The first kappa shape index (κ1) is 23.0. The molecule has 3 amide bonds. The van der Waals surface area contributed by atoms with E-state index in [4.69, 9.17) is 0 Å². The molecule has 0 aromatic heterocycles. The molecule has 2 saturated heterocycles. The highest BCUT2D eigenvalue weighted by Gasteiger charge is 2.55. The van der Waals surface area contributed by atoms with Gasteiger partial charge in [-0.25, -0.2) is 4.79 Å². The van der Waals surface area contributed by atoms with Crippen LogP contribution in [0.15, 0.2) is 23.0 Å². The van der Waals surface area contributed by atoms with Gasteiger partial charge >= 0.3 is 5.97 Å². The smallest absolute Gasteiger partial charge is 0.352 e. The van der Waals surface area contributed by atoms with Crippen LogP contribution in [0.4, 0.5) is 0 Å². The first-order valence-corrected chi connectivity index (χ1v) is 12.3. The van der Waals surface area contributed by atoms with Crippen LogP contribution < -0.4 is 21.4 Å². The molecule has 0 bridgehead atoms. The number of carbonyl (C=O) groups excluding carboxylic acids is 3. The standard InChI is InChI=1S/C19H26N6O5S2/c1-10(26)23-24-9-21-16(32-24)12-8-31-18-14(17(28)25(18)15(12)19(29)30)22-13(27)7-20-11-5-3-2-4-6-11/h5,14,16,18,20-21H,2-4,6-9H2,1H3,(H,22,27)(H,23,26)(H,29,30)/t14?,16?,18-/m1/s1. The lowest BCUT2D eigenvalue weighted by atomic mass is 10.0. The van der Waals surface area contributed by atoms with Crippen LogP contribution in [0.25, 0.3) is 0 Å². The fourth-order valence-electron chi connectivity index (χ4n) is 4.06. The Kier molecular flexibility index (Phi) is 6.98. The summed E-state index contributed by atoms with van der Waals surface area (Å²) in [5.41, 5.74) is 4.21. The molecule has 0 spiro atoms. The number of carboxylic acids is 1. The second-order valence-electron chi connectivity index (χ2n) is 7.86. The normalized spacial score (nSPS) is 27.9. The molecule has 4 rings (SSSR count). The van der Waals surface area contributed by atoms with Gasteiger partial charge in [-0.3, -0.25) is 30.0 Å². The van der Waals surface area contributed by atoms with E-state index in [2.05, 4.69) is 27.5 Å². The summed E-state index contributed by atoms with van der Waals surface area (Å²) in [4.78, 5) is 49.7. The van der Waals surface area contributed by atoms with E-state index in [1.54, 1.807) is 4.41 Å². The van der Waals surface area contributed by atoms with Crippen LogP contribution in [-0.4, -0.2) is 73.9 Å². The number of aliphatic carboxylic acids is 1. The fraction of sp³-hybridized carbons (Fsp3) is 0.579. The Hall–Kier alpha value is -2.22. The second kappa shape index (κ2) is 9.73. The van der Waals surface area contributed by atoms with Crippen molar-refractivity contribution in [3.63, 3.8) is 0 Å². The highest BCUT2D eigenvalue weighted by atomic mass is 32.2. The summed E-state index contributed by atoms with van der Waals surface area (Å²) in [6.07, 6.45) is 6.27. The number of nitrogens with one attached hydrogen (secondary N) is 4. The van der Waals surface area contributed by atoms with Crippen molar-refractivity contribution in [3.05, 3.63) is 23.0 Å². The molecular weight excluding hydrogens is 456 g/mol. The molecule has 11 nitrogen and oxygen atoms in total. The summed E-state index contributed by atoms with van der Waals surface area (Å²) in [7, 11) is 0. The van der Waals surface area contributed by atoms with Crippen molar-refractivity contribution in [3.8, 4) is 0 Å². The molecule has 3 heterocycles. The molecule has 0 aromatic carbocycles. The topological polar surface area (TPSA) is 143 Å². The minimum atomic E-state index is -1.19.